The van der Waals surface area contributed by atoms with Crippen LogP contribution in [0.25, 0.3) is 11.0 Å². The molecule has 6 heteroatoms. The molecule has 0 fully saturated rings. The molecule has 0 bridgehead atoms. The molecule has 154 valence electrons. The predicted octanol–water partition coefficient (Wildman–Crippen LogP) is 4.95. The molecule has 1 unspecified atom stereocenters. The standard InChI is InChI=1S/C25H19FN2O3/c1-3-15-7-9-16(10-8-15)22-21-23(29)18-13-17(26)11-12-19(18)31-24(21)25(30)28(22)20-6-4-5-14(2)27-20/h4-13,22H,3H2,1-2H3. The maximum Gasteiger partial charge on any atom is 0.296 e. The summed E-state index contributed by atoms with van der Waals surface area (Å²) in [4.78, 5) is 32.9. The van der Waals surface area contributed by atoms with Crippen molar-refractivity contribution >= 4 is 22.7 Å². The summed E-state index contributed by atoms with van der Waals surface area (Å²) < 4.78 is 19.7. The minimum atomic E-state index is -0.716. The van der Waals surface area contributed by atoms with Gasteiger partial charge in [-0.3, -0.25) is 14.5 Å². The number of hydrogen-bond donors (Lipinski definition) is 0. The lowest BCUT2D eigenvalue weighted by atomic mass is 9.97. The fourth-order valence-corrected chi connectivity index (χ4v) is 4.10. The Bertz CT molecular complexity index is 1390. The molecule has 0 aliphatic carbocycles. The summed E-state index contributed by atoms with van der Waals surface area (Å²) in [5.41, 5.74) is 2.61. The third kappa shape index (κ3) is 3.03. The summed E-state index contributed by atoms with van der Waals surface area (Å²) in [5.74, 6) is -0.585. The van der Waals surface area contributed by atoms with Gasteiger partial charge in [0, 0.05) is 5.69 Å². The van der Waals surface area contributed by atoms with Crippen LogP contribution in [0.1, 0.15) is 45.9 Å². The number of benzene rings is 2. The summed E-state index contributed by atoms with van der Waals surface area (Å²) in [6.07, 6.45) is 0.871. The van der Waals surface area contributed by atoms with Crippen molar-refractivity contribution in [3.8, 4) is 0 Å². The molecular formula is C25H19FN2O3. The Morgan fingerprint density at radius 1 is 1.06 bits per heavy atom. The van der Waals surface area contributed by atoms with Crippen molar-refractivity contribution in [3.05, 3.63) is 105 Å². The van der Waals surface area contributed by atoms with Gasteiger partial charge < -0.3 is 4.42 Å². The molecular weight excluding hydrogens is 395 g/mol. The van der Waals surface area contributed by atoms with Gasteiger partial charge in [0.25, 0.3) is 5.91 Å². The molecule has 4 aromatic rings. The molecule has 0 saturated carbocycles. The second-order valence-electron chi connectivity index (χ2n) is 7.62. The normalized spacial score (nSPS) is 15.5. The van der Waals surface area contributed by atoms with Gasteiger partial charge in [-0.1, -0.05) is 37.3 Å². The first kappa shape index (κ1) is 19.2. The second kappa shape index (κ2) is 7.16. The SMILES string of the molecule is CCc1ccc(C2c3c(oc4ccc(F)cc4c3=O)C(=O)N2c2cccc(C)n2)cc1. The van der Waals surface area contributed by atoms with Crippen molar-refractivity contribution in [2.75, 3.05) is 4.90 Å². The fraction of sp³-hybridized carbons (Fsp3) is 0.160. The van der Waals surface area contributed by atoms with Gasteiger partial charge in [0.15, 0.2) is 5.43 Å². The van der Waals surface area contributed by atoms with Crippen LogP contribution >= 0.6 is 0 Å². The monoisotopic (exact) mass is 414 g/mol. The predicted molar refractivity (Wildman–Crippen MR) is 116 cm³/mol. The molecule has 0 radical (unpaired) electrons. The molecule has 0 N–H and O–H groups in total. The van der Waals surface area contributed by atoms with E-state index in [0.29, 0.717) is 5.82 Å². The van der Waals surface area contributed by atoms with E-state index in [1.807, 2.05) is 43.3 Å². The van der Waals surface area contributed by atoms with Crippen molar-refractivity contribution in [2.45, 2.75) is 26.3 Å². The third-order valence-corrected chi connectivity index (χ3v) is 5.66. The maximum atomic E-state index is 13.9. The molecule has 5 nitrogen and oxygen atoms in total. The lowest BCUT2D eigenvalue weighted by Gasteiger charge is -2.24. The molecule has 2 aromatic heterocycles. The average molecular weight is 414 g/mol. The van der Waals surface area contributed by atoms with E-state index in [4.69, 9.17) is 4.42 Å². The number of hydrogen-bond acceptors (Lipinski definition) is 4. The number of carbonyl (C=O) groups is 1. The number of pyridine rings is 1. The van der Waals surface area contributed by atoms with Crippen LogP contribution in [0.3, 0.4) is 0 Å². The first-order valence-electron chi connectivity index (χ1n) is 10.1. The highest BCUT2D eigenvalue weighted by Crippen LogP contribution is 2.40. The smallest absolute Gasteiger partial charge is 0.296 e. The molecule has 0 spiro atoms. The Morgan fingerprint density at radius 3 is 2.55 bits per heavy atom. The van der Waals surface area contributed by atoms with E-state index in [2.05, 4.69) is 11.9 Å². The molecule has 2 aromatic carbocycles. The van der Waals surface area contributed by atoms with Crippen LogP contribution in [0.4, 0.5) is 10.2 Å². The van der Waals surface area contributed by atoms with Gasteiger partial charge in [0.1, 0.15) is 17.2 Å². The van der Waals surface area contributed by atoms with E-state index in [-0.39, 0.29) is 22.3 Å². The number of amides is 1. The zero-order valence-corrected chi connectivity index (χ0v) is 17.1. The molecule has 1 aliphatic rings. The van der Waals surface area contributed by atoms with Gasteiger partial charge in [-0.2, -0.15) is 0 Å². The Kier molecular flexibility index (Phi) is 4.43. The zero-order chi connectivity index (χ0) is 21.7. The molecule has 1 aliphatic heterocycles. The summed E-state index contributed by atoms with van der Waals surface area (Å²) >= 11 is 0. The van der Waals surface area contributed by atoms with Gasteiger partial charge in [0.2, 0.25) is 5.76 Å². The Labute approximate surface area is 177 Å². The third-order valence-electron chi connectivity index (χ3n) is 5.66. The van der Waals surface area contributed by atoms with Crippen LogP contribution < -0.4 is 10.3 Å². The molecule has 0 saturated heterocycles. The minimum Gasteiger partial charge on any atom is -0.450 e. The van der Waals surface area contributed by atoms with Crippen molar-refractivity contribution in [1.82, 2.24) is 4.98 Å². The van der Waals surface area contributed by atoms with E-state index in [1.54, 1.807) is 6.07 Å². The van der Waals surface area contributed by atoms with E-state index in [9.17, 15) is 14.0 Å². The molecule has 1 amide bonds. The summed E-state index contributed by atoms with van der Waals surface area (Å²) in [7, 11) is 0. The van der Waals surface area contributed by atoms with Crippen LogP contribution in [-0.2, 0) is 6.42 Å². The Hall–Kier alpha value is -3.80. The molecule has 5 rings (SSSR count). The number of carbonyl (C=O) groups excluding carboxylic acids is 1. The van der Waals surface area contributed by atoms with E-state index >= 15 is 0 Å². The Balaban J connectivity index is 1.80. The highest BCUT2D eigenvalue weighted by Gasteiger charge is 2.44. The first-order valence-corrected chi connectivity index (χ1v) is 10.1. The number of anilines is 1. The van der Waals surface area contributed by atoms with Crippen LogP contribution in [0, 0.1) is 12.7 Å². The van der Waals surface area contributed by atoms with Gasteiger partial charge in [-0.25, -0.2) is 9.37 Å². The van der Waals surface area contributed by atoms with E-state index in [0.717, 1.165) is 29.3 Å². The number of rotatable bonds is 3. The van der Waals surface area contributed by atoms with E-state index in [1.165, 1.54) is 17.0 Å². The van der Waals surface area contributed by atoms with Gasteiger partial charge >= 0.3 is 0 Å². The molecule has 1 atom stereocenters. The van der Waals surface area contributed by atoms with Gasteiger partial charge in [-0.15, -0.1) is 0 Å². The van der Waals surface area contributed by atoms with Crippen LogP contribution in [0.5, 0.6) is 0 Å². The minimum absolute atomic E-state index is 0.0306. The van der Waals surface area contributed by atoms with Crippen molar-refractivity contribution in [2.24, 2.45) is 0 Å². The molecule has 31 heavy (non-hydrogen) atoms. The highest BCUT2D eigenvalue weighted by molar-refractivity contribution is 6.10. The summed E-state index contributed by atoms with van der Waals surface area (Å²) in [6.45, 7) is 3.89. The average Bonchev–Trinajstić information content (AvgIpc) is 3.07. The van der Waals surface area contributed by atoms with Gasteiger partial charge in [0.05, 0.1) is 17.0 Å². The van der Waals surface area contributed by atoms with E-state index < -0.39 is 23.2 Å². The van der Waals surface area contributed by atoms with Crippen molar-refractivity contribution in [1.29, 1.82) is 0 Å². The van der Waals surface area contributed by atoms with Crippen molar-refractivity contribution in [3.63, 3.8) is 0 Å². The highest BCUT2D eigenvalue weighted by atomic mass is 19.1. The molecule has 3 heterocycles. The van der Waals surface area contributed by atoms with Crippen LogP contribution in [0.2, 0.25) is 0 Å². The first-order chi connectivity index (χ1) is 15.0. The summed E-state index contributed by atoms with van der Waals surface area (Å²) in [5, 5.41) is 0.112. The van der Waals surface area contributed by atoms with Crippen molar-refractivity contribution < 1.29 is 13.6 Å². The van der Waals surface area contributed by atoms with Crippen LogP contribution in [-0.4, -0.2) is 10.9 Å². The quantitative estimate of drug-likeness (QED) is 0.476. The number of aryl methyl sites for hydroxylation is 2. The number of halogens is 1. The Morgan fingerprint density at radius 2 is 1.84 bits per heavy atom. The summed E-state index contributed by atoms with van der Waals surface area (Å²) in [6, 6.07) is 16.2. The fourth-order valence-electron chi connectivity index (χ4n) is 4.10. The van der Waals surface area contributed by atoms with Crippen LogP contribution in [0.15, 0.2) is 69.9 Å². The maximum absolute atomic E-state index is 13.9. The second-order valence-corrected chi connectivity index (χ2v) is 7.62. The topological polar surface area (TPSA) is 63.4 Å². The number of nitrogens with zero attached hydrogens (tertiary/aromatic N) is 2. The lowest BCUT2D eigenvalue weighted by molar-refractivity contribution is 0.0970. The van der Waals surface area contributed by atoms with Gasteiger partial charge in [-0.05, 0) is 54.8 Å². The number of aromatic nitrogens is 1. The largest absolute Gasteiger partial charge is 0.450 e. The number of fused-ring (bicyclic) bond motifs is 2. The lowest BCUT2D eigenvalue weighted by Crippen LogP contribution is -2.30. The zero-order valence-electron chi connectivity index (χ0n) is 17.1.